The van der Waals surface area contributed by atoms with Gasteiger partial charge in [0, 0.05) is 22.5 Å². The van der Waals surface area contributed by atoms with Crippen LogP contribution in [0.15, 0.2) is 36.4 Å². The molecule has 3 rings (SSSR count). The summed E-state index contributed by atoms with van der Waals surface area (Å²) in [4.78, 5) is 4.60. The number of hydrogen-bond acceptors (Lipinski definition) is 4. The van der Waals surface area contributed by atoms with Crippen LogP contribution in [0, 0.1) is 0 Å². The highest BCUT2D eigenvalue weighted by atomic mass is 16.5. The monoisotopic (exact) mass is 253 g/mol. The molecule has 0 aliphatic carbocycles. The number of ether oxygens (including phenoxy) is 1. The van der Waals surface area contributed by atoms with Crippen molar-refractivity contribution in [2.24, 2.45) is 0 Å². The zero-order chi connectivity index (χ0) is 13.4. The van der Waals surface area contributed by atoms with E-state index in [1.165, 1.54) is 0 Å². The van der Waals surface area contributed by atoms with Crippen LogP contribution < -0.4 is 16.2 Å². The Balaban J connectivity index is 2.32. The van der Waals surface area contributed by atoms with Crippen LogP contribution >= 0.6 is 0 Å². The van der Waals surface area contributed by atoms with E-state index in [4.69, 9.17) is 16.2 Å². The molecule has 4 nitrogen and oxygen atoms in total. The molecule has 0 atom stereocenters. The summed E-state index contributed by atoms with van der Waals surface area (Å²) in [6.07, 6.45) is 0. The standard InChI is InChI=1S/C15H15N3O/c1-2-19-10-4-3-9-7-11-12(16)5-6-13(17)15(11)18-14(9)8-10/h3-8H,2,16-17H2,1H3. The van der Waals surface area contributed by atoms with E-state index in [1.807, 2.05) is 31.2 Å². The number of benzene rings is 2. The van der Waals surface area contributed by atoms with E-state index in [0.29, 0.717) is 18.0 Å². The van der Waals surface area contributed by atoms with Gasteiger partial charge in [-0.1, -0.05) is 0 Å². The second kappa shape index (κ2) is 4.31. The fraction of sp³-hybridized carbons (Fsp3) is 0.133. The first-order valence-electron chi connectivity index (χ1n) is 6.20. The van der Waals surface area contributed by atoms with Gasteiger partial charge in [0.15, 0.2) is 0 Å². The van der Waals surface area contributed by atoms with E-state index in [9.17, 15) is 0 Å². The number of rotatable bonds is 2. The Labute approximate surface area is 111 Å². The molecule has 0 saturated heterocycles. The first kappa shape index (κ1) is 11.6. The molecule has 0 fully saturated rings. The van der Waals surface area contributed by atoms with E-state index in [-0.39, 0.29) is 0 Å². The quantitative estimate of drug-likeness (QED) is 0.544. The van der Waals surface area contributed by atoms with Crippen LogP contribution in [0.5, 0.6) is 5.75 Å². The molecule has 0 aliphatic heterocycles. The first-order valence-corrected chi connectivity index (χ1v) is 6.20. The number of nitrogens with two attached hydrogens (primary N) is 2. The Morgan fingerprint density at radius 2 is 1.84 bits per heavy atom. The largest absolute Gasteiger partial charge is 0.494 e. The molecule has 0 unspecified atom stereocenters. The molecule has 0 amide bonds. The topological polar surface area (TPSA) is 74.2 Å². The summed E-state index contributed by atoms with van der Waals surface area (Å²) >= 11 is 0. The number of anilines is 2. The van der Waals surface area contributed by atoms with Gasteiger partial charge in [-0.3, -0.25) is 0 Å². The highest BCUT2D eigenvalue weighted by Gasteiger charge is 2.06. The summed E-state index contributed by atoms with van der Waals surface area (Å²) in [6, 6.07) is 11.4. The zero-order valence-electron chi connectivity index (χ0n) is 10.7. The van der Waals surface area contributed by atoms with Gasteiger partial charge in [-0.2, -0.15) is 0 Å². The minimum absolute atomic E-state index is 0.632. The maximum absolute atomic E-state index is 5.97. The van der Waals surface area contributed by atoms with Crippen molar-refractivity contribution >= 4 is 33.2 Å². The molecule has 19 heavy (non-hydrogen) atoms. The van der Waals surface area contributed by atoms with Gasteiger partial charge >= 0.3 is 0 Å². The van der Waals surface area contributed by atoms with Gasteiger partial charge in [-0.15, -0.1) is 0 Å². The average molecular weight is 253 g/mol. The first-order chi connectivity index (χ1) is 9.19. The van der Waals surface area contributed by atoms with Gasteiger partial charge < -0.3 is 16.2 Å². The third-order valence-corrected chi connectivity index (χ3v) is 3.13. The summed E-state index contributed by atoms with van der Waals surface area (Å²) in [7, 11) is 0. The Hall–Kier alpha value is -2.49. The molecule has 0 bridgehead atoms. The molecule has 1 aromatic heterocycles. The van der Waals surface area contributed by atoms with Crippen LogP contribution in [0.25, 0.3) is 21.8 Å². The predicted octanol–water partition coefficient (Wildman–Crippen LogP) is 2.95. The lowest BCUT2D eigenvalue weighted by atomic mass is 10.1. The smallest absolute Gasteiger partial charge is 0.121 e. The molecule has 4 heteroatoms. The number of nitrogens with zero attached hydrogens (tertiary/aromatic N) is 1. The van der Waals surface area contributed by atoms with E-state index in [2.05, 4.69) is 4.98 Å². The Kier molecular flexibility index (Phi) is 2.63. The normalized spacial score (nSPS) is 11.0. The molecule has 4 N–H and O–H groups in total. The van der Waals surface area contributed by atoms with Crippen LogP contribution in [0.3, 0.4) is 0 Å². The van der Waals surface area contributed by atoms with Crippen molar-refractivity contribution in [2.75, 3.05) is 18.1 Å². The van der Waals surface area contributed by atoms with Crippen LogP contribution in [0.2, 0.25) is 0 Å². The minimum Gasteiger partial charge on any atom is -0.494 e. The highest BCUT2D eigenvalue weighted by Crippen LogP contribution is 2.29. The molecular formula is C15H15N3O. The van der Waals surface area contributed by atoms with Gasteiger partial charge in [0.05, 0.1) is 23.3 Å². The third kappa shape index (κ3) is 1.91. The van der Waals surface area contributed by atoms with Crippen LogP contribution in [0.4, 0.5) is 11.4 Å². The molecule has 0 spiro atoms. The molecule has 0 radical (unpaired) electrons. The molecule has 0 saturated carbocycles. The zero-order valence-corrected chi connectivity index (χ0v) is 10.7. The van der Waals surface area contributed by atoms with Crippen molar-refractivity contribution in [3.63, 3.8) is 0 Å². The van der Waals surface area contributed by atoms with Gasteiger partial charge in [0.25, 0.3) is 0 Å². The average Bonchev–Trinajstić information content (AvgIpc) is 2.42. The van der Waals surface area contributed by atoms with Gasteiger partial charge in [0.1, 0.15) is 5.75 Å². The van der Waals surface area contributed by atoms with Crippen molar-refractivity contribution in [3.8, 4) is 5.75 Å². The van der Waals surface area contributed by atoms with E-state index in [1.54, 1.807) is 12.1 Å². The SMILES string of the molecule is CCOc1ccc2cc3c(N)ccc(N)c3nc2c1. The second-order valence-corrected chi connectivity index (χ2v) is 4.42. The Bertz CT molecular complexity index is 768. The van der Waals surface area contributed by atoms with Crippen LogP contribution in [-0.4, -0.2) is 11.6 Å². The second-order valence-electron chi connectivity index (χ2n) is 4.42. The summed E-state index contributed by atoms with van der Waals surface area (Å²) < 4.78 is 5.48. The molecule has 2 aromatic carbocycles. The minimum atomic E-state index is 0.632. The van der Waals surface area contributed by atoms with Gasteiger partial charge in [0.2, 0.25) is 0 Å². The van der Waals surface area contributed by atoms with E-state index < -0.39 is 0 Å². The van der Waals surface area contributed by atoms with Crippen LogP contribution in [-0.2, 0) is 0 Å². The summed E-state index contributed by atoms with van der Waals surface area (Å²) in [5.41, 5.74) is 14.9. The number of aromatic nitrogens is 1. The van der Waals surface area contributed by atoms with Crippen molar-refractivity contribution in [2.45, 2.75) is 6.92 Å². The number of nitrogen functional groups attached to an aromatic ring is 2. The fourth-order valence-electron chi connectivity index (χ4n) is 2.19. The lowest BCUT2D eigenvalue weighted by Gasteiger charge is -2.08. The summed E-state index contributed by atoms with van der Waals surface area (Å²) in [5.74, 6) is 0.810. The molecular weight excluding hydrogens is 238 g/mol. The molecule has 96 valence electrons. The van der Waals surface area contributed by atoms with Crippen molar-refractivity contribution in [1.29, 1.82) is 0 Å². The van der Waals surface area contributed by atoms with E-state index >= 15 is 0 Å². The molecule has 0 aliphatic rings. The fourth-order valence-corrected chi connectivity index (χ4v) is 2.19. The number of pyridine rings is 1. The van der Waals surface area contributed by atoms with Crippen molar-refractivity contribution in [3.05, 3.63) is 36.4 Å². The maximum atomic E-state index is 5.97. The Morgan fingerprint density at radius 1 is 1.05 bits per heavy atom. The molecule has 1 heterocycles. The lowest BCUT2D eigenvalue weighted by molar-refractivity contribution is 0.340. The van der Waals surface area contributed by atoms with E-state index in [0.717, 1.165) is 27.6 Å². The summed E-state index contributed by atoms with van der Waals surface area (Å²) in [6.45, 7) is 2.59. The van der Waals surface area contributed by atoms with Gasteiger partial charge in [-0.05, 0) is 37.3 Å². The van der Waals surface area contributed by atoms with Crippen molar-refractivity contribution < 1.29 is 4.74 Å². The maximum Gasteiger partial charge on any atom is 0.121 e. The van der Waals surface area contributed by atoms with Crippen molar-refractivity contribution in [1.82, 2.24) is 4.98 Å². The number of hydrogen-bond donors (Lipinski definition) is 2. The Morgan fingerprint density at radius 3 is 2.63 bits per heavy atom. The number of fused-ring (bicyclic) bond motifs is 2. The lowest BCUT2D eigenvalue weighted by Crippen LogP contribution is -1.95. The van der Waals surface area contributed by atoms with Gasteiger partial charge in [-0.25, -0.2) is 4.98 Å². The highest BCUT2D eigenvalue weighted by molar-refractivity contribution is 6.03. The van der Waals surface area contributed by atoms with Crippen LogP contribution in [0.1, 0.15) is 6.92 Å². The third-order valence-electron chi connectivity index (χ3n) is 3.13. The molecule has 3 aromatic rings. The summed E-state index contributed by atoms with van der Waals surface area (Å²) in [5, 5.41) is 1.91. The predicted molar refractivity (Wildman–Crippen MR) is 79.2 cm³/mol.